The molecule has 40 heavy (non-hydrogen) atoms. The van der Waals surface area contributed by atoms with Crippen LogP contribution in [0.1, 0.15) is 29.6 Å². The van der Waals surface area contributed by atoms with Crippen LogP contribution in [0.15, 0.2) is 36.4 Å². The van der Waals surface area contributed by atoms with E-state index in [-0.39, 0.29) is 31.9 Å². The number of aliphatic hydroxyl groups is 2. The fourth-order valence-electron chi connectivity index (χ4n) is 4.76. The molecule has 1 heterocycles. The Balaban J connectivity index is 1.95. The zero-order chi connectivity index (χ0) is 29.1. The number of carbonyl (C=O) groups is 3. The molecule has 1 aromatic carbocycles. The fourth-order valence-corrected chi connectivity index (χ4v) is 5.51. The number of halogens is 1. The van der Waals surface area contributed by atoms with E-state index >= 15 is 0 Å². The van der Waals surface area contributed by atoms with E-state index < -0.39 is 24.2 Å². The highest BCUT2D eigenvalue weighted by Crippen LogP contribution is 2.37. The van der Waals surface area contributed by atoms with Gasteiger partial charge in [-0.25, -0.2) is 0 Å². The monoisotopic (exact) mass is 671 g/mol. The molecular weight excluding hydrogens is 633 g/mol. The first kappa shape index (κ1) is 32.0. The molecule has 12 heteroatoms. The van der Waals surface area contributed by atoms with Crippen LogP contribution in [0.3, 0.4) is 0 Å². The van der Waals surface area contributed by atoms with Gasteiger partial charge in [-0.15, -0.1) is 6.58 Å². The standard InChI is InChI=1S/C28H38IN3O8/c1-3-4-5-25(35)32(8-7-31-9-12-39-13-10-31)22-16-20(28(37)30-6-11-33)17-23(26(22)36)40-27-21(29)14-19(18-34)15-24(27)38-2/h3,14-15,17-18,22-23,26,33,36H,1,4-13,16H2,2H3,(H,30,37). The Morgan fingerprint density at radius 1 is 1.32 bits per heavy atom. The van der Waals surface area contributed by atoms with Crippen molar-refractivity contribution in [2.75, 3.05) is 59.7 Å². The van der Waals surface area contributed by atoms with Crippen LogP contribution >= 0.6 is 22.6 Å². The van der Waals surface area contributed by atoms with E-state index in [1.165, 1.54) is 13.2 Å². The molecule has 1 fully saturated rings. The van der Waals surface area contributed by atoms with Crippen molar-refractivity contribution in [2.45, 2.75) is 37.5 Å². The number of carbonyl (C=O) groups excluding carboxylic acids is 3. The zero-order valence-corrected chi connectivity index (χ0v) is 24.9. The quantitative estimate of drug-likeness (QED) is 0.151. The molecule has 2 amide bonds. The number of nitrogens with one attached hydrogen (secondary N) is 1. The minimum atomic E-state index is -1.17. The second-order valence-corrected chi connectivity index (χ2v) is 10.7. The molecule has 1 saturated heterocycles. The number of amides is 2. The number of aliphatic hydroxyl groups excluding tert-OH is 2. The molecule has 0 spiro atoms. The van der Waals surface area contributed by atoms with E-state index in [0.717, 1.165) is 13.1 Å². The van der Waals surface area contributed by atoms with Crippen molar-refractivity contribution in [3.63, 3.8) is 0 Å². The number of ether oxygens (including phenoxy) is 3. The van der Waals surface area contributed by atoms with E-state index in [1.54, 1.807) is 23.1 Å². The van der Waals surface area contributed by atoms with Crippen LogP contribution in [0.4, 0.5) is 0 Å². The summed E-state index contributed by atoms with van der Waals surface area (Å²) in [5, 5.41) is 23.5. The van der Waals surface area contributed by atoms with Crippen molar-refractivity contribution in [2.24, 2.45) is 0 Å². The predicted octanol–water partition coefficient (Wildman–Crippen LogP) is 1.15. The SMILES string of the molecule is C=CCCC(=O)N(CCN1CCOCC1)C1CC(C(=O)NCCO)=CC(Oc2c(I)cc(C=O)cc2OC)C1O. The summed E-state index contributed by atoms with van der Waals surface area (Å²) in [4.78, 5) is 41.6. The van der Waals surface area contributed by atoms with Crippen molar-refractivity contribution >= 4 is 40.7 Å². The van der Waals surface area contributed by atoms with Gasteiger partial charge in [0.1, 0.15) is 18.5 Å². The van der Waals surface area contributed by atoms with Crippen molar-refractivity contribution in [1.29, 1.82) is 0 Å². The number of nitrogens with zero attached hydrogens (tertiary/aromatic N) is 2. The fraction of sp³-hybridized carbons (Fsp3) is 0.536. The first-order valence-corrected chi connectivity index (χ1v) is 14.4. The van der Waals surface area contributed by atoms with Crippen LogP contribution in [0.25, 0.3) is 0 Å². The molecule has 1 aliphatic carbocycles. The Labute approximate surface area is 248 Å². The molecule has 1 aliphatic heterocycles. The number of morpholine rings is 1. The smallest absolute Gasteiger partial charge is 0.247 e. The molecule has 0 bridgehead atoms. The molecule has 3 rings (SSSR count). The van der Waals surface area contributed by atoms with Gasteiger partial charge in [-0.1, -0.05) is 6.08 Å². The van der Waals surface area contributed by atoms with Crippen molar-refractivity contribution in [3.8, 4) is 11.5 Å². The number of hydrogen-bond donors (Lipinski definition) is 3. The number of hydrogen-bond acceptors (Lipinski definition) is 9. The minimum Gasteiger partial charge on any atom is -0.493 e. The van der Waals surface area contributed by atoms with E-state index in [4.69, 9.17) is 14.2 Å². The summed E-state index contributed by atoms with van der Waals surface area (Å²) >= 11 is 2.02. The summed E-state index contributed by atoms with van der Waals surface area (Å²) in [5.41, 5.74) is 0.734. The van der Waals surface area contributed by atoms with Gasteiger partial charge in [-0.05, 0) is 47.2 Å². The first-order chi connectivity index (χ1) is 19.3. The highest BCUT2D eigenvalue weighted by atomic mass is 127. The van der Waals surface area contributed by atoms with Crippen molar-refractivity contribution < 1.29 is 38.8 Å². The maximum absolute atomic E-state index is 13.4. The minimum absolute atomic E-state index is 0.0623. The van der Waals surface area contributed by atoms with Crippen LogP contribution in [0, 0.1) is 3.57 Å². The second-order valence-electron chi connectivity index (χ2n) is 9.54. The lowest BCUT2D eigenvalue weighted by Gasteiger charge is -2.41. The zero-order valence-electron chi connectivity index (χ0n) is 22.7. The third-order valence-electron chi connectivity index (χ3n) is 6.90. The third-order valence-corrected chi connectivity index (χ3v) is 7.70. The van der Waals surface area contributed by atoms with Crippen molar-refractivity contribution in [1.82, 2.24) is 15.1 Å². The summed E-state index contributed by atoms with van der Waals surface area (Å²) < 4.78 is 17.7. The van der Waals surface area contributed by atoms with Gasteiger partial charge in [-0.2, -0.15) is 0 Å². The van der Waals surface area contributed by atoms with Crippen LogP contribution < -0.4 is 14.8 Å². The molecule has 3 N–H and O–H groups in total. The van der Waals surface area contributed by atoms with Gasteiger partial charge in [0.05, 0.1) is 36.5 Å². The Morgan fingerprint density at radius 3 is 2.73 bits per heavy atom. The Bertz CT molecular complexity index is 1080. The highest BCUT2D eigenvalue weighted by Gasteiger charge is 2.41. The van der Waals surface area contributed by atoms with Gasteiger partial charge < -0.3 is 34.6 Å². The van der Waals surface area contributed by atoms with Gasteiger partial charge in [0.25, 0.3) is 0 Å². The maximum Gasteiger partial charge on any atom is 0.247 e. The highest BCUT2D eigenvalue weighted by molar-refractivity contribution is 14.1. The van der Waals surface area contributed by atoms with E-state index in [0.29, 0.717) is 65.2 Å². The molecule has 3 unspecified atom stereocenters. The molecule has 220 valence electrons. The van der Waals surface area contributed by atoms with Crippen LogP contribution in [-0.2, 0) is 14.3 Å². The molecular formula is C28H38IN3O8. The van der Waals surface area contributed by atoms with Crippen molar-refractivity contribution in [3.05, 3.63) is 45.6 Å². The predicted molar refractivity (Wildman–Crippen MR) is 157 cm³/mol. The average Bonchev–Trinajstić information content (AvgIpc) is 2.97. The summed E-state index contributed by atoms with van der Waals surface area (Å²) in [5.74, 6) is 0.0384. The molecule has 0 radical (unpaired) electrons. The topological polar surface area (TPSA) is 138 Å². The summed E-state index contributed by atoms with van der Waals surface area (Å²) in [6.07, 6.45) is 2.56. The van der Waals surface area contributed by atoms with Gasteiger partial charge in [-0.3, -0.25) is 19.3 Å². The third kappa shape index (κ3) is 8.49. The molecule has 0 saturated carbocycles. The summed E-state index contributed by atoms with van der Waals surface area (Å²) in [6, 6.07) is 2.41. The lowest BCUT2D eigenvalue weighted by Crippen LogP contribution is -2.56. The number of aldehydes is 1. The van der Waals surface area contributed by atoms with Gasteiger partial charge in [0.15, 0.2) is 11.5 Å². The van der Waals surface area contributed by atoms with Gasteiger partial charge >= 0.3 is 0 Å². The largest absolute Gasteiger partial charge is 0.493 e. The first-order valence-electron chi connectivity index (χ1n) is 13.3. The number of allylic oxidation sites excluding steroid dienone is 1. The maximum atomic E-state index is 13.4. The van der Waals surface area contributed by atoms with Crippen LogP contribution in [0.5, 0.6) is 11.5 Å². The van der Waals surface area contributed by atoms with Gasteiger partial charge in [0.2, 0.25) is 11.8 Å². The molecule has 3 atom stereocenters. The normalized spacial score (nSPS) is 21.2. The average molecular weight is 672 g/mol. The lowest BCUT2D eigenvalue weighted by molar-refractivity contribution is -0.139. The number of rotatable bonds is 14. The molecule has 0 aromatic heterocycles. The number of methoxy groups -OCH3 is 1. The van der Waals surface area contributed by atoms with E-state index in [1.807, 2.05) is 22.6 Å². The Hall–Kier alpha value is -2.52. The van der Waals surface area contributed by atoms with E-state index in [9.17, 15) is 24.6 Å². The lowest BCUT2D eigenvalue weighted by atomic mass is 9.88. The summed E-state index contributed by atoms with van der Waals surface area (Å²) in [7, 11) is 1.45. The van der Waals surface area contributed by atoms with Crippen LogP contribution in [-0.4, -0.2) is 116 Å². The van der Waals surface area contributed by atoms with Gasteiger partial charge in [0, 0.05) is 56.7 Å². The Kier molecular flexibility index (Phi) is 12.8. The molecule has 2 aliphatic rings. The molecule has 1 aromatic rings. The van der Waals surface area contributed by atoms with Crippen LogP contribution in [0.2, 0.25) is 0 Å². The number of benzene rings is 1. The summed E-state index contributed by atoms with van der Waals surface area (Å²) in [6.45, 7) is 7.23. The molecule has 11 nitrogen and oxygen atoms in total. The second kappa shape index (κ2) is 16.1. The Morgan fingerprint density at radius 2 is 2.08 bits per heavy atom. The van der Waals surface area contributed by atoms with E-state index in [2.05, 4.69) is 16.8 Å².